The predicted molar refractivity (Wildman–Crippen MR) is 71.4 cm³/mol. The van der Waals surface area contributed by atoms with E-state index < -0.39 is 0 Å². The molecule has 0 aromatic rings. The minimum Gasteiger partial charge on any atom is -0.379 e. The van der Waals surface area contributed by atoms with Crippen molar-refractivity contribution in [1.29, 1.82) is 0 Å². The number of hydrogen-bond acceptors (Lipinski definition) is 3. The number of hydrogen-bond donors (Lipinski definition) is 1. The maximum Gasteiger partial charge on any atom is 0.0704 e. The Balaban J connectivity index is 2.03. The van der Waals surface area contributed by atoms with Crippen molar-refractivity contribution in [3.05, 3.63) is 0 Å². The molecule has 3 nitrogen and oxygen atoms in total. The lowest BCUT2D eigenvalue weighted by molar-refractivity contribution is -0.0153. The first-order chi connectivity index (χ1) is 8.36. The van der Waals surface area contributed by atoms with E-state index in [4.69, 9.17) is 9.47 Å². The highest BCUT2D eigenvalue weighted by molar-refractivity contribution is 4.78. The quantitative estimate of drug-likeness (QED) is 0.632. The van der Waals surface area contributed by atoms with Crippen LogP contribution in [0.2, 0.25) is 0 Å². The Morgan fingerprint density at radius 2 is 1.94 bits per heavy atom. The molecule has 1 aliphatic carbocycles. The third-order valence-electron chi connectivity index (χ3n) is 3.24. The molecule has 17 heavy (non-hydrogen) atoms. The summed E-state index contributed by atoms with van der Waals surface area (Å²) in [7, 11) is 0. The molecule has 1 rings (SSSR count). The van der Waals surface area contributed by atoms with Crippen LogP contribution in [0, 0.1) is 0 Å². The number of ether oxygens (including phenoxy) is 2. The van der Waals surface area contributed by atoms with Gasteiger partial charge in [-0.05, 0) is 45.1 Å². The Bertz CT molecular complexity index is 176. The highest BCUT2D eigenvalue weighted by Gasteiger charge is 2.21. The molecule has 1 fully saturated rings. The fraction of sp³-hybridized carbons (Fsp3) is 1.00. The molecule has 2 atom stereocenters. The fourth-order valence-electron chi connectivity index (χ4n) is 2.35. The van der Waals surface area contributed by atoms with Gasteiger partial charge in [0.05, 0.1) is 19.3 Å². The molecule has 1 saturated carbocycles. The van der Waals surface area contributed by atoms with Crippen LogP contribution in [-0.4, -0.2) is 38.5 Å². The van der Waals surface area contributed by atoms with Crippen LogP contribution in [0.5, 0.6) is 0 Å². The largest absolute Gasteiger partial charge is 0.379 e. The van der Waals surface area contributed by atoms with Crippen molar-refractivity contribution in [2.24, 2.45) is 0 Å². The summed E-state index contributed by atoms with van der Waals surface area (Å²) < 4.78 is 11.3. The van der Waals surface area contributed by atoms with Gasteiger partial charge in [0.1, 0.15) is 0 Å². The van der Waals surface area contributed by atoms with Gasteiger partial charge in [-0.2, -0.15) is 0 Å². The van der Waals surface area contributed by atoms with Crippen molar-refractivity contribution in [3.8, 4) is 0 Å². The predicted octanol–water partition coefficient (Wildman–Crippen LogP) is 2.74. The Labute approximate surface area is 106 Å². The first-order valence-electron chi connectivity index (χ1n) is 7.29. The van der Waals surface area contributed by atoms with E-state index in [1.165, 1.54) is 32.1 Å². The molecule has 1 aliphatic rings. The van der Waals surface area contributed by atoms with Crippen LogP contribution < -0.4 is 5.32 Å². The van der Waals surface area contributed by atoms with E-state index in [-0.39, 0.29) is 0 Å². The molecule has 3 heteroatoms. The summed E-state index contributed by atoms with van der Waals surface area (Å²) in [5, 5.41) is 3.60. The van der Waals surface area contributed by atoms with E-state index in [1.807, 2.05) is 0 Å². The van der Waals surface area contributed by atoms with Crippen molar-refractivity contribution in [2.45, 2.75) is 64.5 Å². The standard InChI is InChI=1S/C14H29NO2/c1-3-8-15-13-6-5-7-14(12-13)17-11-10-16-9-4-2/h13-15H,3-12H2,1-2H3. The zero-order valence-electron chi connectivity index (χ0n) is 11.5. The first kappa shape index (κ1) is 14.9. The lowest BCUT2D eigenvalue weighted by Crippen LogP contribution is -2.37. The molecule has 0 aromatic heterocycles. The van der Waals surface area contributed by atoms with Crippen LogP contribution in [0.3, 0.4) is 0 Å². The van der Waals surface area contributed by atoms with Crippen molar-refractivity contribution in [1.82, 2.24) is 5.32 Å². The summed E-state index contributed by atoms with van der Waals surface area (Å²) in [6.07, 6.45) is 7.75. The third kappa shape index (κ3) is 7.02. The van der Waals surface area contributed by atoms with Gasteiger partial charge in [0.15, 0.2) is 0 Å². The van der Waals surface area contributed by atoms with Gasteiger partial charge in [0, 0.05) is 12.6 Å². The zero-order valence-corrected chi connectivity index (χ0v) is 11.5. The Kier molecular flexibility index (Phi) is 8.67. The van der Waals surface area contributed by atoms with E-state index >= 15 is 0 Å². The van der Waals surface area contributed by atoms with E-state index in [2.05, 4.69) is 19.2 Å². The average molecular weight is 243 g/mol. The van der Waals surface area contributed by atoms with Gasteiger partial charge in [0.25, 0.3) is 0 Å². The molecule has 0 bridgehead atoms. The van der Waals surface area contributed by atoms with Crippen LogP contribution >= 0.6 is 0 Å². The zero-order chi connectivity index (χ0) is 12.3. The van der Waals surface area contributed by atoms with Gasteiger partial charge in [-0.3, -0.25) is 0 Å². The molecule has 2 unspecified atom stereocenters. The normalized spacial score (nSPS) is 25.1. The smallest absolute Gasteiger partial charge is 0.0704 e. The summed E-state index contributed by atoms with van der Waals surface area (Å²) in [6.45, 7) is 7.84. The molecule has 0 amide bonds. The second-order valence-corrected chi connectivity index (χ2v) is 4.92. The highest BCUT2D eigenvalue weighted by atomic mass is 16.5. The maximum absolute atomic E-state index is 5.87. The summed E-state index contributed by atoms with van der Waals surface area (Å²) >= 11 is 0. The van der Waals surface area contributed by atoms with E-state index in [9.17, 15) is 0 Å². The fourth-order valence-corrected chi connectivity index (χ4v) is 2.35. The molecule has 1 N–H and O–H groups in total. The van der Waals surface area contributed by atoms with Crippen molar-refractivity contribution < 1.29 is 9.47 Å². The van der Waals surface area contributed by atoms with Crippen LogP contribution in [0.25, 0.3) is 0 Å². The van der Waals surface area contributed by atoms with Crippen molar-refractivity contribution in [3.63, 3.8) is 0 Å². The summed E-state index contributed by atoms with van der Waals surface area (Å²) in [6, 6.07) is 0.672. The van der Waals surface area contributed by atoms with E-state index in [0.717, 1.165) is 32.8 Å². The molecule has 0 aliphatic heterocycles. The monoisotopic (exact) mass is 243 g/mol. The van der Waals surface area contributed by atoms with E-state index in [0.29, 0.717) is 12.1 Å². The minimum absolute atomic E-state index is 0.448. The Morgan fingerprint density at radius 1 is 1.06 bits per heavy atom. The Morgan fingerprint density at radius 3 is 2.71 bits per heavy atom. The van der Waals surface area contributed by atoms with Gasteiger partial charge in [0.2, 0.25) is 0 Å². The molecular weight excluding hydrogens is 214 g/mol. The Hall–Kier alpha value is -0.120. The van der Waals surface area contributed by atoms with Gasteiger partial charge in [-0.15, -0.1) is 0 Å². The molecule has 0 saturated heterocycles. The van der Waals surface area contributed by atoms with Gasteiger partial charge in [-0.1, -0.05) is 13.8 Å². The van der Waals surface area contributed by atoms with E-state index in [1.54, 1.807) is 0 Å². The van der Waals surface area contributed by atoms with Crippen molar-refractivity contribution in [2.75, 3.05) is 26.4 Å². The summed E-state index contributed by atoms with van der Waals surface area (Å²) in [5.41, 5.74) is 0. The summed E-state index contributed by atoms with van der Waals surface area (Å²) in [5.74, 6) is 0. The second-order valence-electron chi connectivity index (χ2n) is 4.92. The summed E-state index contributed by atoms with van der Waals surface area (Å²) in [4.78, 5) is 0. The highest BCUT2D eigenvalue weighted by Crippen LogP contribution is 2.21. The molecule has 102 valence electrons. The van der Waals surface area contributed by atoms with Gasteiger partial charge >= 0.3 is 0 Å². The van der Waals surface area contributed by atoms with Crippen LogP contribution in [0.4, 0.5) is 0 Å². The molecule has 0 radical (unpaired) electrons. The topological polar surface area (TPSA) is 30.5 Å². The van der Waals surface area contributed by atoms with Crippen molar-refractivity contribution >= 4 is 0 Å². The van der Waals surface area contributed by atoms with Crippen LogP contribution in [0.15, 0.2) is 0 Å². The lowest BCUT2D eigenvalue weighted by atomic mass is 9.93. The lowest BCUT2D eigenvalue weighted by Gasteiger charge is -2.29. The second kappa shape index (κ2) is 9.86. The first-order valence-corrected chi connectivity index (χ1v) is 7.29. The minimum atomic E-state index is 0.448. The van der Waals surface area contributed by atoms with Gasteiger partial charge < -0.3 is 14.8 Å². The SMILES string of the molecule is CCCNC1CCCC(OCCOCCC)C1. The molecule has 0 spiro atoms. The molecule has 0 aromatic carbocycles. The van der Waals surface area contributed by atoms with Gasteiger partial charge in [-0.25, -0.2) is 0 Å². The average Bonchev–Trinajstić information content (AvgIpc) is 2.37. The third-order valence-corrected chi connectivity index (χ3v) is 3.24. The maximum atomic E-state index is 5.87. The van der Waals surface area contributed by atoms with Crippen LogP contribution in [-0.2, 0) is 9.47 Å². The van der Waals surface area contributed by atoms with Crippen LogP contribution in [0.1, 0.15) is 52.4 Å². The molecule has 0 heterocycles. The number of rotatable bonds is 9. The molecular formula is C14H29NO2. The number of nitrogens with one attached hydrogen (secondary N) is 1.